The van der Waals surface area contributed by atoms with Crippen molar-refractivity contribution in [2.45, 2.75) is 17.0 Å². The Balaban J connectivity index is 1.61. The number of hydrogen-bond acceptors (Lipinski definition) is 8. The third-order valence-electron chi connectivity index (χ3n) is 3.52. The van der Waals surface area contributed by atoms with Crippen molar-refractivity contribution < 1.29 is 23.0 Å². The Morgan fingerprint density at radius 1 is 1.24 bits per heavy atom. The van der Waals surface area contributed by atoms with E-state index >= 15 is 0 Å². The SMILES string of the molecule is COc1cnc(CSc2nnc(C)s2)cc1OCC(=O)Nc1ccc(F)cc1F. The van der Waals surface area contributed by atoms with E-state index in [1.165, 1.54) is 36.4 Å². The summed E-state index contributed by atoms with van der Waals surface area (Å²) in [6.07, 6.45) is 1.49. The minimum absolute atomic E-state index is 0.133. The molecule has 0 saturated carbocycles. The van der Waals surface area contributed by atoms with E-state index in [0.717, 1.165) is 21.5 Å². The van der Waals surface area contributed by atoms with Gasteiger partial charge in [-0.2, -0.15) is 0 Å². The molecule has 0 aliphatic carbocycles. The topological polar surface area (TPSA) is 86.2 Å². The molecule has 0 bridgehead atoms. The fourth-order valence-electron chi connectivity index (χ4n) is 2.20. The van der Waals surface area contributed by atoms with Crippen molar-refractivity contribution in [2.75, 3.05) is 19.0 Å². The molecule has 2 heterocycles. The number of amides is 1. The number of hydrogen-bond donors (Lipinski definition) is 1. The van der Waals surface area contributed by atoms with Gasteiger partial charge in [-0.3, -0.25) is 9.78 Å². The fraction of sp³-hybridized carbons (Fsp3) is 0.222. The van der Waals surface area contributed by atoms with Crippen LogP contribution in [0.2, 0.25) is 0 Å². The number of anilines is 1. The zero-order valence-electron chi connectivity index (χ0n) is 15.4. The lowest BCUT2D eigenvalue weighted by Crippen LogP contribution is -2.21. The monoisotopic (exact) mass is 438 g/mol. The molecule has 7 nitrogen and oxygen atoms in total. The quantitative estimate of drug-likeness (QED) is 0.535. The van der Waals surface area contributed by atoms with Gasteiger partial charge in [-0.25, -0.2) is 8.78 Å². The summed E-state index contributed by atoms with van der Waals surface area (Å²) >= 11 is 2.97. The van der Waals surface area contributed by atoms with Gasteiger partial charge in [0.05, 0.1) is 24.7 Å². The summed E-state index contributed by atoms with van der Waals surface area (Å²) in [5, 5.41) is 11.2. The van der Waals surface area contributed by atoms with Crippen LogP contribution in [0.25, 0.3) is 0 Å². The van der Waals surface area contributed by atoms with Crippen molar-refractivity contribution in [3.8, 4) is 11.5 Å². The lowest BCUT2D eigenvalue weighted by Gasteiger charge is -2.12. The molecule has 0 fully saturated rings. The van der Waals surface area contributed by atoms with Gasteiger partial charge in [0.1, 0.15) is 16.6 Å². The summed E-state index contributed by atoms with van der Waals surface area (Å²) in [6, 6.07) is 4.53. The first-order chi connectivity index (χ1) is 13.9. The van der Waals surface area contributed by atoms with Gasteiger partial charge < -0.3 is 14.8 Å². The van der Waals surface area contributed by atoms with Crippen molar-refractivity contribution >= 4 is 34.7 Å². The number of halogens is 2. The molecule has 0 spiro atoms. The number of carbonyl (C=O) groups is 1. The van der Waals surface area contributed by atoms with Gasteiger partial charge in [-0.15, -0.1) is 10.2 Å². The number of rotatable bonds is 8. The highest BCUT2D eigenvalue weighted by molar-refractivity contribution is 8.00. The van der Waals surface area contributed by atoms with E-state index in [1.54, 1.807) is 6.07 Å². The number of nitrogens with zero attached hydrogens (tertiary/aromatic N) is 3. The number of nitrogens with one attached hydrogen (secondary N) is 1. The van der Waals surface area contributed by atoms with E-state index < -0.39 is 17.5 Å². The first-order valence-corrected chi connectivity index (χ1v) is 10.1. The zero-order chi connectivity index (χ0) is 20.8. The molecule has 0 aliphatic rings. The maximum absolute atomic E-state index is 13.6. The van der Waals surface area contributed by atoms with Crippen molar-refractivity contribution in [1.29, 1.82) is 0 Å². The minimum Gasteiger partial charge on any atom is -0.491 e. The molecule has 1 N–H and O–H groups in total. The Morgan fingerprint density at radius 3 is 2.76 bits per heavy atom. The van der Waals surface area contributed by atoms with E-state index in [1.807, 2.05) is 6.92 Å². The summed E-state index contributed by atoms with van der Waals surface area (Å²) in [6.45, 7) is 1.49. The van der Waals surface area contributed by atoms with E-state index in [9.17, 15) is 13.6 Å². The molecule has 0 unspecified atom stereocenters. The Morgan fingerprint density at radius 2 is 2.07 bits per heavy atom. The number of thioether (sulfide) groups is 1. The predicted molar refractivity (Wildman–Crippen MR) is 105 cm³/mol. The van der Waals surface area contributed by atoms with E-state index in [-0.39, 0.29) is 12.3 Å². The smallest absolute Gasteiger partial charge is 0.262 e. The first-order valence-electron chi connectivity index (χ1n) is 8.28. The standard InChI is InChI=1S/C18H16F2N4O3S2/c1-10-23-24-18(29-10)28-9-12-6-15(16(26-2)7-21-12)27-8-17(25)22-14-4-3-11(19)5-13(14)20/h3-7H,8-9H2,1-2H3,(H,22,25). The summed E-state index contributed by atoms with van der Waals surface area (Å²) in [7, 11) is 1.45. The largest absolute Gasteiger partial charge is 0.491 e. The highest BCUT2D eigenvalue weighted by atomic mass is 32.2. The maximum atomic E-state index is 13.6. The van der Waals surface area contributed by atoms with Gasteiger partial charge in [0.2, 0.25) is 0 Å². The number of benzene rings is 1. The average molecular weight is 438 g/mol. The average Bonchev–Trinajstić information content (AvgIpc) is 3.12. The minimum atomic E-state index is -0.869. The van der Waals surface area contributed by atoms with Crippen LogP contribution in [0.5, 0.6) is 11.5 Å². The van der Waals surface area contributed by atoms with Gasteiger partial charge in [-0.1, -0.05) is 23.1 Å². The molecule has 11 heteroatoms. The Bertz CT molecular complexity index is 1020. The van der Waals surface area contributed by atoms with E-state index in [2.05, 4.69) is 20.5 Å². The van der Waals surface area contributed by atoms with Crippen molar-refractivity contribution in [2.24, 2.45) is 0 Å². The summed E-state index contributed by atoms with van der Waals surface area (Å²) < 4.78 is 38.1. The Labute approximate surface area is 173 Å². The summed E-state index contributed by atoms with van der Waals surface area (Å²) in [4.78, 5) is 16.3. The van der Waals surface area contributed by atoms with Crippen LogP contribution >= 0.6 is 23.1 Å². The van der Waals surface area contributed by atoms with Crippen molar-refractivity contribution in [1.82, 2.24) is 15.2 Å². The number of carbonyl (C=O) groups excluding carboxylic acids is 1. The number of methoxy groups -OCH3 is 1. The third kappa shape index (κ3) is 5.84. The highest BCUT2D eigenvalue weighted by Gasteiger charge is 2.13. The van der Waals surface area contributed by atoms with E-state index in [0.29, 0.717) is 29.0 Å². The number of aryl methyl sites for hydroxylation is 1. The van der Waals surface area contributed by atoms with E-state index in [4.69, 9.17) is 9.47 Å². The normalized spacial score (nSPS) is 10.6. The lowest BCUT2D eigenvalue weighted by atomic mass is 10.3. The fourth-order valence-corrected chi connectivity index (χ4v) is 3.92. The van der Waals surface area contributed by atoms with Crippen LogP contribution in [0.3, 0.4) is 0 Å². The second-order valence-corrected chi connectivity index (χ2v) is 8.07. The predicted octanol–water partition coefficient (Wildman–Crippen LogP) is 3.84. The molecular weight excluding hydrogens is 422 g/mol. The third-order valence-corrected chi connectivity index (χ3v) is 5.53. The molecule has 1 aromatic carbocycles. The summed E-state index contributed by atoms with van der Waals surface area (Å²) in [5.41, 5.74) is 0.565. The van der Waals surface area contributed by atoms with Crippen molar-refractivity contribution in [3.63, 3.8) is 0 Å². The summed E-state index contributed by atoms with van der Waals surface area (Å²) in [5.74, 6) is -0.997. The number of pyridine rings is 1. The molecule has 3 aromatic rings. The van der Waals surface area contributed by atoms with Crippen LogP contribution in [0.1, 0.15) is 10.7 Å². The Kier molecular flexibility index (Phi) is 6.94. The molecule has 3 rings (SSSR count). The van der Waals surface area contributed by atoms with Gasteiger partial charge >= 0.3 is 0 Å². The molecule has 152 valence electrons. The molecule has 0 saturated heterocycles. The molecule has 0 atom stereocenters. The second kappa shape index (κ2) is 9.61. The molecular formula is C18H16F2N4O3S2. The van der Waals surface area contributed by atoms with Gasteiger partial charge in [0.15, 0.2) is 22.4 Å². The van der Waals surface area contributed by atoms with Crippen molar-refractivity contribution in [3.05, 3.63) is 52.8 Å². The Hall–Kier alpha value is -2.79. The molecule has 0 aliphatic heterocycles. The molecule has 0 radical (unpaired) electrons. The zero-order valence-corrected chi connectivity index (χ0v) is 17.1. The van der Waals surface area contributed by atoms with Crippen LogP contribution in [-0.2, 0) is 10.5 Å². The molecule has 29 heavy (non-hydrogen) atoms. The van der Waals surface area contributed by atoms with Crippen LogP contribution in [0.15, 0.2) is 34.8 Å². The van der Waals surface area contributed by atoms with Gasteiger partial charge in [0, 0.05) is 17.9 Å². The molecule has 1 amide bonds. The van der Waals surface area contributed by atoms with Gasteiger partial charge in [0.25, 0.3) is 5.91 Å². The lowest BCUT2D eigenvalue weighted by molar-refractivity contribution is -0.118. The van der Waals surface area contributed by atoms with Crippen LogP contribution in [0, 0.1) is 18.6 Å². The second-order valence-electron chi connectivity index (χ2n) is 5.66. The first kappa shape index (κ1) is 20.9. The maximum Gasteiger partial charge on any atom is 0.262 e. The van der Waals surface area contributed by atoms with Crippen LogP contribution in [-0.4, -0.2) is 34.8 Å². The molecule has 2 aromatic heterocycles. The number of aromatic nitrogens is 3. The van der Waals surface area contributed by atoms with Crippen LogP contribution < -0.4 is 14.8 Å². The highest BCUT2D eigenvalue weighted by Crippen LogP contribution is 2.30. The van der Waals surface area contributed by atoms with Gasteiger partial charge in [-0.05, 0) is 19.1 Å². The number of ether oxygens (including phenoxy) is 2. The van der Waals surface area contributed by atoms with Crippen LogP contribution in [0.4, 0.5) is 14.5 Å².